The summed E-state index contributed by atoms with van der Waals surface area (Å²) in [5, 5.41) is 30.2. The third kappa shape index (κ3) is 1.69. The van der Waals surface area contributed by atoms with Crippen LogP contribution in [0.15, 0.2) is 11.0 Å². The van der Waals surface area contributed by atoms with Crippen LogP contribution in [0.3, 0.4) is 0 Å². The lowest BCUT2D eigenvalue weighted by molar-refractivity contribution is 1.45. The molecule has 0 radical (unpaired) electrons. The minimum atomic E-state index is -0.118. The van der Waals surface area contributed by atoms with E-state index in [2.05, 4.69) is 5.38 Å². The van der Waals surface area contributed by atoms with E-state index in [-0.39, 0.29) is 11.1 Å². The molecular weight excluding hydrogens is 262 g/mol. The molecule has 0 aliphatic carbocycles. The van der Waals surface area contributed by atoms with Crippen molar-refractivity contribution in [2.75, 3.05) is 0 Å². The Morgan fingerprint density at radius 1 is 1.11 bits per heavy atom. The van der Waals surface area contributed by atoms with E-state index < -0.39 is 0 Å². The van der Waals surface area contributed by atoms with Crippen LogP contribution in [0.25, 0.3) is 15.0 Å². The fourth-order valence-corrected chi connectivity index (χ4v) is 4.35. The summed E-state index contributed by atoms with van der Waals surface area (Å²) in [6.07, 6.45) is 0. The molecule has 0 amide bonds. The average molecular weight is 269 g/mol. The van der Waals surface area contributed by atoms with Gasteiger partial charge in [0.1, 0.15) is 23.8 Å². The maximum atomic E-state index is 9.17. The van der Waals surface area contributed by atoms with E-state index in [1.54, 1.807) is 23.5 Å². The zero-order chi connectivity index (χ0) is 13.3. The summed E-state index contributed by atoms with van der Waals surface area (Å²) in [4.78, 5) is 0.737. The first kappa shape index (κ1) is 12.3. The molecule has 18 heavy (non-hydrogen) atoms. The average Bonchev–Trinajstić information content (AvgIpc) is 2.88. The highest BCUT2D eigenvalue weighted by Gasteiger charge is 2.18. The van der Waals surface area contributed by atoms with Gasteiger partial charge in [-0.2, -0.15) is 15.8 Å². The summed E-state index contributed by atoms with van der Waals surface area (Å²) in [7, 11) is 0. The van der Waals surface area contributed by atoms with Crippen molar-refractivity contribution in [2.45, 2.75) is 13.8 Å². The molecule has 0 fully saturated rings. The van der Waals surface area contributed by atoms with Crippen LogP contribution in [0, 0.1) is 47.8 Å². The second-order valence-corrected chi connectivity index (χ2v) is 5.88. The second kappa shape index (κ2) is 4.63. The molecular formula is C13H7N3S2. The molecule has 2 aromatic rings. The summed E-state index contributed by atoms with van der Waals surface area (Å²) in [6, 6.07) is 5.55. The number of rotatable bonds is 1. The van der Waals surface area contributed by atoms with Crippen molar-refractivity contribution in [1.29, 1.82) is 15.8 Å². The van der Waals surface area contributed by atoms with Crippen LogP contribution < -0.4 is 0 Å². The summed E-state index contributed by atoms with van der Waals surface area (Å²) in [5.74, 6) is 0. The number of fused-ring (bicyclic) bond motifs is 1. The van der Waals surface area contributed by atoms with Gasteiger partial charge >= 0.3 is 0 Å². The molecule has 0 saturated heterocycles. The Morgan fingerprint density at radius 2 is 1.78 bits per heavy atom. The van der Waals surface area contributed by atoms with Crippen molar-refractivity contribution in [3.8, 4) is 18.2 Å². The van der Waals surface area contributed by atoms with Crippen LogP contribution in [-0.2, 0) is 0 Å². The topological polar surface area (TPSA) is 71.4 Å². The minimum absolute atomic E-state index is 0.118. The van der Waals surface area contributed by atoms with E-state index in [9.17, 15) is 0 Å². The molecule has 86 valence electrons. The van der Waals surface area contributed by atoms with Crippen LogP contribution in [0.2, 0.25) is 0 Å². The zero-order valence-electron chi connectivity index (χ0n) is 9.74. The Bertz CT molecular complexity index is 769. The summed E-state index contributed by atoms with van der Waals surface area (Å²) >= 11 is 3.10. The fraction of sp³-hybridized carbons (Fsp3) is 0.154. The first-order valence-corrected chi connectivity index (χ1v) is 6.75. The van der Waals surface area contributed by atoms with Gasteiger partial charge in [-0.05, 0) is 30.4 Å². The smallest absolute Gasteiger partial charge is 0.148 e. The van der Waals surface area contributed by atoms with Crippen LogP contribution in [0.4, 0.5) is 0 Å². The van der Waals surface area contributed by atoms with Crippen LogP contribution in [0.1, 0.15) is 16.0 Å². The molecule has 0 bridgehead atoms. The molecule has 0 spiro atoms. The van der Waals surface area contributed by atoms with E-state index in [1.165, 1.54) is 16.9 Å². The van der Waals surface area contributed by atoms with E-state index >= 15 is 0 Å². The maximum Gasteiger partial charge on any atom is 0.148 e. The Morgan fingerprint density at radius 3 is 2.28 bits per heavy atom. The summed E-state index contributed by atoms with van der Waals surface area (Å²) in [6.45, 7) is 3.95. The Balaban J connectivity index is 2.81. The van der Waals surface area contributed by atoms with Gasteiger partial charge in [-0.1, -0.05) is 0 Å². The fourth-order valence-electron chi connectivity index (χ4n) is 1.82. The quantitative estimate of drug-likeness (QED) is 0.737. The highest BCUT2D eigenvalue weighted by molar-refractivity contribution is 7.38. The molecule has 0 unspecified atom stereocenters. The number of nitrogens with zero attached hydrogens (tertiary/aromatic N) is 3. The van der Waals surface area contributed by atoms with Gasteiger partial charge in [0.05, 0.1) is 14.5 Å². The number of allylic oxidation sites excluding steroid dienone is 2. The molecule has 0 saturated carbocycles. The molecule has 0 aromatic carbocycles. The van der Waals surface area contributed by atoms with Crippen molar-refractivity contribution in [3.63, 3.8) is 0 Å². The van der Waals surface area contributed by atoms with E-state index in [0.717, 1.165) is 19.8 Å². The standard InChI is InChI=1S/C13H7N3S2/c1-7-6-17-13-11(7)8(2)12(18-13)10(5-16)9(3-14)4-15/h6H,1-2H3. The van der Waals surface area contributed by atoms with Crippen LogP contribution in [-0.4, -0.2) is 0 Å². The lowest BCUT2D eigenvalue weighted by atomic mass is 10.0. The van der Waals surface area contributed by atoms with Gasteiger partial charge in [0, 0.05) is 5.39 Å². The molecule has 2 rings (SSSR count). The minimum Gasteiger partial charge on any atom is -0.192 e. The largest absolute Gasteiger partial charge is 0.192 e. The molecule has 0 aliphatic heterocycles. The molecule has 0 N–H and O–H groups in total. The third-order valence-electron chi connectivity index (χ3n) is 2.66. The number of hydrogen-bond acceptors (Lipinski definition) is 5. The van der Waals surface area contributed by atoms with E-state index in [0.29, 0.717) is 0 Å². The van der Waals surface area contributed by atoms with E-state index in [1.807, 2.05) is 19.9 Å². The molecule has 2 heterocycles. The van der Waals surface area contributed by atoms with Gasteiger partial charge in [0.15, 0.2) is 0 Å². The van der Waals surface area contributed by atoms with E-state index in [4.69, 9.17) is 15.8 Å². The highest BCUT2D eigenvalue weighted by Crippen LogP contribution is 2.41. The zero-order valence-corrected chi connectivity index (χ0v) is 11.4. The van der Waals surface area contributed by atoms with Gasteiger partial charge in [-0.25, -0.2) is 0 Å². The number of thiophene rings is 2. The molecule has 5 heteroatoms. The third-order valence-corrected chi connectivity index (χ3v) is 5.20. The van der Waals surface area contributed by atoms with Crippen molar-refractivity contribution in [2.24, 2.45) is 0 Å². The van der Waals surface area contributed by atoms with Crippen molar-refractivity contribution < 1.29 is 0 Å². The first-order chi connectivity index (χ1) is 8.63. The SMILES string of the molecule is Cc1csc2sc(C(C#N)=C(C#N)C#N)c(C)c12. The Hall–Kier alpha value is -2.13. The lowest BCUT2D eigenvalue weighted by Crippen LogP contribution is -1.86. The predicted molar refractivity (Wildman–Crippen MR) is 72.9 cm³/mol. The van der Waals surface area contributed by atoms with Gasteiger partial charge < -0.3 is 0 Å². The normalized spacial score (nSPS) is 9.50. The van der Waals surface area contributed by atoms with Gasteiger partial charge in [0.25, 0.3) is 0 Å². The summed E-state index contributed by atoms with van der Waals surface area (Å²) < 4.78 is 1.13. The molecule has 2 aromatic heterocycles. The van der Waals surface area contributed by atoms with Gasteiger partial charge in [-0.3, -0.25) is 0 Å². The summed E-state index contributed by atoms with van der Waals surface area (Å²) in [5.41, 5.74) is 2.22. The molecule has 0 atom stereocenters. The van der Waals surface area contributed by atoms with Crippen LogP contribution in [0.5, 0.6) is 0 Å². The Labute approximate surface area is 112 Å². The van der Waals surface area contributed by atoms with Crippen molar-refractivity contribution >= 4 is 37.6 Å². The number of aryl methyl sites for hydroxylation is 2. The lowest BCUT2D eigenvalue weighted by Gasteiger charge is -1.97. The highest BCUT2D eigenvalue weighted by atomic mass is 32.2. The van der Waals surface area contributed by atoms with Crippen molar-refractivity contribution in [1.82, 2.24) is 0 Å². The van der Waals surface area contributed by atoms with Crippen molar-refractivity contribution in [3.05, 3.63) is 27.0 Å². The second-order valence-electron chi connectivity index (χ2n) is 3.72. The van der Waals surface area contributed by atoms with Crippen LogP contribution >= 0.6 is 22.7 Å². The number of hydrogen-bond donors (Lipinski definition) is 0. The van der Waals surface area contributed by atoms with Gasteiger partial charge in [0.2, 0.25) is 0 Å². The first-order valence-electron chi connectivity index (χ1n) is 5.06. The van der Waals surface area contributed by atoms with Gasteiger partial charge in [-0.15, -0.1) is 22.7 Å². The monoisotopic (exact) mass is 269 g/mol. The number of nitriles is 3. The molecule has 0 aliphatic rings. The maximum absolute atomic E-state index is 9.17. The molecule has 3 nitrogen and oxygen atoms in total. The predicted octanol–water partition coefficient (Wildman–Crippen LogP) is 3.90. The Kier molecular flexibility index (Phi) is 3.17.